The van der Waals surface area contributed by atoms with E-state index in [0.29, 0.717) is 25.0 Å². The van der Waals surface area contributed by atoms with Crippen LogP contribution in [0.5, 0.6) is 5.88 Å². The molecule has 0 amide bonds. The fourth-order valence-corrected chi connectivity index (χ4v) is 2.54. The Morgan fingerprint density at radius 3 is 2.65 bits per heavy atom. The van der Waals surface area contributed by atoms with Gasteiger partial charge in [-0.05, 0) is 42.8 Å². The number of nitrogens with one attached hydrogen (secondary N) is 1. The molecule has 4 nitrogen and oxygen atoms in total. The number of halogens is 2. The van der Waals surface area contributed by atoms with Gasteiger partial charge in [0.1, 0.15) is 5.82 Å². The number of nitrogens with zero attached hydrogens (tertiary/aromatic N) is 2. The van der Waals surface area contributed by atoms with Gasteiger partial charge < -0.3 is 10.1 Å². The highest BCUT2D eigenvalue weighted by atomic mass is 79.9. The number of hydrogen-bond donors (Lipinski definition) is 1. The molecule has 0 fully saturated rings. The smallest absolute Gasteiger partial charge is 0.226 e. The summed E-state index contributed by atoms with van der Waals surface area (Å²) in [5.41, 5.74) is 1.75. The van der Waals surface area contributed by atoms with E-state index in [0.717, 1.165) is 20.9 Å². The summed E-state index contributed by atoms with van der Waals surface area (Å²) in [4.78, 5) is 8.92. The van der Waals surface area contributed by atoms with Crippen molar-refractivity contribution >= 4 is 32.8 Å². The molecule has 23 heavy (non-hydrogen) atoms. The Hall–Kier alpha value is -2.21. The Morgan fingerprint density at radius 2 is 1.91 bits per heavy atom. The maximum Gasteiger partial charge on any atom is 0.226 e. The van der Waals surface area contributed by atoms with Crippen molar-refractivity contribution in [3.63, 3.8) is 0 Å². The zero-order valence-electron chi connectivity index (χ0n) is 12.5. The van der Waals surface area contributed by atoms with Crippen molar-refractivity contribution in [1.29, 1.82) is 0 Å². The van der Waals surface area contributed by atoms with Crippen molar-refractivity contribution in [1.82, 2.24) is 9.97 Å². The standard InChI is InChI=1S/C17H15BrFN3O/c1-2-23-16-14-9-12(18)5-8-15(14)21-17(22-16)20-10-11-3-6-13(19)7-4-11/h3-9H,2,10H2,1H3,(H,20,21,22). The lowest BCUT2D eigenvalue weighted by molar-refractivity contribution is 0.331. The second-order valence-electron chi connectivity index (χ2n) is 4.93. The molecule has 0 spiro atoms. The number of benzene rings is 2. The summed E-state index contributed by atoms with van der Waals surface area (Å²) in [5, 5.41) is 4.00. The van der Waals surface area contributed by atoms with E-state index in [1.54, 1.807) is 12.1 Å². The van der Waals surface area contributed by atoms with Crippen LogP contribution in [0.3, 0.4) is 0 Å². The zero-order valence-corrected chi connectivity index (χ0v) is 14.1. The Balaban J connectivity index is 1.88. The summed E-state index contributed by atoms with van der Waals surface area (Å²) in [6, 6.07) is 12.1. The third kappa shape index (κ3) is 3.76. The van der Waals surface area contributed by atoms with Gasteiger partial charge in [-0.1, -0.05) is 28.1 Å². The van der Waals surface area contributed by atoms with E-state index in [4.69, 9.17) is 4.74 Å². The largest absolute Gasteiger partial charge is 0.477 e. The van der Waals surface area contributed by atoms with Crippen LogP contribution < -0.4 is 10.1 Å². The molecule has 6 heteroatoms. The summed E-state index contributed by atoms with van der Waals surface area (Å²) in [5.74, 6) is 0.771. The predicted octanol–water partition coefficient (Wildman–Crippen LogP) is 4.54. The SMILES string of the molecule is CCOc1nc(NCc2ccc(F)cc2)nc2ccc(Br)cc12. The summed E-state index contributed by atoms with van der Waals surface area (Å²) in [6.07, 6.45) is 0. The maximum absolute atomic E-state index is 12.9. The Bertz CT molecular complexity index is 824. The van der Waals surface area contributed by atoms with Gasteiger partial charge >= 0.3 is 0 Å². The first-order valence-corrected chi connectivity index (χ1v) is 8.03. The van der Waals surface area contributed by atoms with Gasteiger partial charge in [-0.25, -0.2) is 9.37 Å². The van der Waals surface area contributed by atoms with Crippen molar-refractivity contribution in [2.45, 2.75) is 13.5 Å². The topological polar surface area (TPSA) is 47.0 Å². The van der Waals surface area contributed by atoms with E-state index in [1.807, 2.05) is 25.1 Å². The second kappa shape index (κ2) is 6.91. The average molecular weight is 376 g/mol. The molecule has 0 aliphatic heterocycles. The van der Waals surface area contributed by atoms with Gasteiger partial charge in [0.2, 0.25) is 11.8 Å². The van der Waals surface area contributed by atoms with Crippen LogP contribution in [0.2, 0.25) is 0 Å². The molecule has 3 rings (SSSR count). The first-order chi connectivity index (χ1) is 11.2. The lowest BCUT2D eigenvalue weighted by atomic mass is 10.2. The Morgan fingerprint density at radius 1 is 1.13 bits per heavy atom. The minimum absolute atomic E-state index is 0.250. The molecule has 118 valence electrons. The number of anilines is 1. The number of fused-ring (bicyclic) bond motifs is 1. The van der Waals surface area contributed by atoms with Gasteiger partial charge in [0, 0.05) is 11.0 Å². The highest BCUT2D eigenvalue weighted by Crippen LogP contribution is 2.27. The summed E-state index contributed by atoms with van der Waals surface area (Å²) < 4.78 is 19.5. The van der Waals surface area contributed by atoms with E-state index < -0.39 is 0 Å². The minimum atomic E-state index is -0.250. The van der Waals surface area contributed by atoms with Crippen LogP contribution in [0, 0.1) is 5.82 Å². The van der Waals surface area contributed by atoms with Gasteiger partial charge in [0.15, 0.2) is 0 Å². The van der Waals surface area contributed by atoms with E-state index >= 15 is 0 Å². The third-order valence-corrected chi connectivity index (χ3v) is 3.76. The van der Waals surface area contributed by atoms with E-state index in [-0.39, 0.29) is 5.82 Å². The van der Waals surface area contributed by atoms with Crippen LogP contribution in [0.15, 0.2) is 46.9 Å². The molecular formula is C17H15BrFN3O. The molecule has 1 aromatic heterocycles. The molecule has 0 aliphatic rings. The average Bonchev–Trinajstić information content (AvgIpc) is 2.55. The number of ether oxygens (including phenoxy) is 1. The molecule has 0 atom stereocenters. The Labute approximate surface area is 141 Å². The van der Waals surface area contributed by atoms with Crippen LogP contribution >= 0.6 is 15.9 Å². The highest BCUT2D eigenvalue weighted by molar-refractivity contribution is 9.10. The predicted molar refractivity (Wildman–Crippen MR) is 92.1 cm³/mol. The van der Waals surface area contributed by atoms with E-state index in [2.05, 4.69) is 31.2 Å². The molecule has 0 aliphatic carbocycles. The van der Waals surface area contributed by atoms with Gasteiger partial charge in [0.05, 0.1) is 17.5 Å². The molecule has 0 bridgehead atoms. The van der Waals surface area contributed by atoms with Crippen LogP contribution in [0.25, 0.3) is 10.9 Å². The van der Waals surface area contributed by atoms with Gasteiger partial charge in [0.25, 0.3) is 0 Å². The normalized spacial score (nSPS) is 10.7. The van der Waals surface area contributed by atoms with Crippen molar-refractivity contribution in [3.8, 4) is 5.88 Å². The van der Waals surface area contributed by atoms with Crippen molar-refractivity contribution < 1.29 is 9.13 Å². The minimum Gasteiger partial charge on any atom is -0.477 e. The first kappa shape index (κ1) is 15.7. The highest BCUT2D eigenvalue weighted by Gasteiger charge is 2.09. The first-order valence-electron chi connectivity index (χ1n) is 7.24. The van der Waals surface area contributed by atoms with Crippen molar-refractivity contribution in [3.05, 3.63) is 58.3 Å². The summed E-state index contributed by atoms with van der Waals surface area (Å²) >= 11 is 3.45. The molecule has 2 aromatic carbocycles. The molecule has 3 aromatic rings. The maximum atomic E-state index is 12.9. The molecule has 1 N–H and O–H groups in total. The molecule has 1 heterocycles. The second-order valence-corrected chi connectivity index (χ2v) is 5.84. The van der Waals surface area contributed by atoms with Crippen LogP contribution in [0.1, 0.15) is 12.5 Å². The number of rotatable bonds is 5. The molecule has 0 unspecified atom stereocenters. The third-order valence-electron chi connectivity index (χ3n) is 3.27. The lowest BCUT2D eigenvalue weighted by Gasteiger charge is -2.10. The monoisotopic (exact) mass is 375 g/mol. The summed E-state index contributed by atoms with van der Waals surface area (Å²) in [6.45, 7) is 2.95. The lowest BCUT2D eigenvalue weighted by Crippen LogP contribution is -2.06. The number of hydrogen-bond acceptors (Lipinski definition) is 4. The molecule has 0 radical (unpaired) electrons. The molecule has 0 saturated carbocycles. The van der Waals surface area contributed by atoms with Crippen LogP contribution in [0.4, 0.5) is 10.3 Å². The summed E-state index contributed by atoms with van der Waals surface area (Å²) in [7, 11) is 0. The van der Waals surface area contributed by atoms with Gasteiger partial charge in [-0.15, -0.1) is 0 Å². The molecular weight excluding hydrogens is 361 g/mol. The van der Waals surface area contributed by atoms with E-state index in [9.17, 15) is 4.39 Å². The molecule has 0 saturated heterocycles. The van der Waals surface area contributed by atoms with Gasteiger partial charge in [-0.2, -0.15) is 4.98 Å². The van der Waals surface area contributed by atoms with Crippen molar-refractivity contribution in [2.24, 2.45) is 0 Å². The van der Waals surface area contributed by atoms with E-state index in [1.165, 1.54) is 12.1 Å². The quantitative estimate of drug-likeness (QED) is 0.710. The Kier molecular flexibility index (Phi) is 4.71. The van der Waals surface area contributed by atoms with Gasteiger partial charge in [-0.3, -0.25) is 0 Å². The zero-order chi connectivity index (χ0) is 16.2. The van der Waals surface area contributed by atoms with Crippen LogP contribution in [-0.4, -0.2) is 16.6 Å². The van der Waals surface area contributed by atoms with Crippen molar-refractivity contribution in [2.75, 3.05) is 11.9 Å². The van der Waals surface area contributed by atoms with Crippen LogP contribution in [-0.2, 0) is 6.54 Å². The fraction of sp³-hybridized carbons (Fsp3) is 0.176. The fourth-order valence-electron chi connectivity index (χ4n) is 2.18. The number of aromatic nitrogens is 2.